The minimum atomic E-state index is -0.0380. The van der Waals surface area contributed by atoms with Gasteiger partial charge in [-0.1, -0.05) is 42.5 Å². The first-order valence-corrected chi connectivity index (χ1v) is 12.6. The standard InChI is InChI=1S/C28H29N7O2/c1-17-31-24-25(29)33-28-34-26(24)35(17)16-18-9-10-23(19(12-18)6-3-2-4-11-37-28)20-7-5-8-21(13-20)27(36)32-22-14-30-15-22/h2-3,5,7-10,12-13,22,30H,4,6,11,14-16H2,1H3,(H,32,36)(H2,29,33,34)/b3-2-. The Morgan fingerprint density at radius 3 is 2.86 bits per heavy atom. The Morgan fingerprint density at radius 2 is 2.03 bits per heavy atom. The molecule has 6 rings (SSSR count). The summed E-state index contributed by atoms with van der Waals surface area (Å²) in [5.41, 5.74) is 12.5. The molecule has 0 aliphatic carbocycles. The Bertz CT molecular complexity index is 1520. The zero-order valence-electron chi connectivity index (χ0n) is 20.7. The van der Waals surface area contributed by atoms with Gasteiger partial charge in [-0.05, 0) is 54.2 Å². The van der Waals surface area contributed by atoms with E-state index < -0.39 is 0 Å². The Morgan fingerprint density at radius 1 is 1.14 bits per heavy atom. The third kappa shape index (κ3) is 4.65. The van der Waals surface area contributed by atoms with Crippen LogP contribution in [-0.4, -0.2) is 51.2 Å². The number of carbonyl (C=O) groups is 1. The number of nitrogens with zero attached hydrogens (tertiary/aromatic N) is 4. The van der Waals surface area contributed by atoms with Gasteiger partial charge in [0.25, 0.3) is 5.91 Å². The Kier molecular flexibility index (Phi) is 6.05. The van der Waals surface area contributed by atoms with E-state index in [1.165, 1.54) is 5.56 Å². The molecule has 0 atom stereocenters. The van der Waals surface area contributed by atoms with Crippen molar-refractivity contribution in [3.05, 3.63) is 77.1 Å². The highest BCUT2D eigenvalue weighted by atomic mass is 16.5. The van der Waals surface area contributed by atoms with E-state index in [1.54, 1.807) is 0 Å². The first kappa shape index (κ1) is 23.2. The molecule has 188 valence electrons. The Labute approximate surface area is 214 Å². The summed E-state index contributed by atoms with van der Waals surface area (Å²) in [5.74, 6) is 1.09. The summed E-state index contributed by atoms with van der Waals surface area (Å²) in [7, 11) is 0. The monoisotopic (exact) mass is 495 g/mol. The summed E-state index contributed by atoms with van der Waals surface area (Å²) in [6, 6.07) is 14.8. The van der Waals surface area contributed by atoms with Crippen molar-refractivity contribution in [1.29, 1.82) is 0 Å². The number of hydrogen-bond donors (Lipinski definition) is 3. The molecule has 1 saturated heterocycles. The second-order valence-corrected chi connectivity index (χ2v) is 9.52. The molecule has 4 aromatic rings. The van der Waals surface area contributed by atoms with Gasteiger partial charge in [0, 0.05) is 18.7 Å². The van der Waals surface area contributed by atoms with Gasteiger partial charge in [-0.15, -0.1) is 0 Å². The summed E-state index contributed by atoms with van der Waals surface area (Å²) >= 11 is 0. The fourth-order valence-electron chi connectivity index (χ4n) is 4.78. The fourth-order valence-corrected chi connectivity index (χ4v) is 4.78. The van der Waals surface area contributed by atoms with E-state index in [-0.39, 0.29) is 18.0 Å². The zero-order chi connectivity index (χ0) is 25.4. The molecule has 0 unspecified atom stereocenters. The first-order chi connectivity index (χ1) is 18.0. The number of nitrogen functional groups attached to an aromatic ring is 1. The van der Waals surface area contributed by atoms with Crippen molar-refractivity contribution in [2.45, 2.75) is 32.4 Å². The smallest absolute Gasteiger partial charge is 0.320 e. The summed E-state index contributed by atoms with van der Waals surface area (Å²) in [6.07, 6.45) is 5.75. The van der Waals surface area contributed by atoms with Gasteiger partial charge in [0.1, 0.15) is 5.82 Å². The van der Waals surface area contributed by atoms with Crippen LogP contribution in [0.15, 0.2) is 54.6 Å². The van der Waals surface area contributed by atoms with Gasteiger partial charge in [-0.25, -0.2) is 4.98 Å². The molecular formula is C28H29N7O2. The first-order valence-electron chi connectivity index (χ1n) is 12.6. The number of allylic oxidation sites excluding steroid dienone is 1. The van der Waals surface area contributed by atoms with E-state index in [9.17, 15) is 4.79 Å². The third-order valence-corrected chi connectivity index (χ3v) is 6.87. The number of ether oxygens (including phenoxy) is 1. The number of amides is 1. The van der Waals surface area contributed by atoms with Gasteiger partial charge in [-0.2, -0.15) is 9.97 Å². The van der Waals surface area contributed by atoms with Crippen molar-refractivity contribution in [3.63, 3.8) is 0 Å². The second kappa shape index (κ2) is 9.67. The minimum absolute atomic E-state index is 0.0380. The van der Waals surface area contributed by atoms with Crippen LogP contribution in [0.1, 0.15) is 33.7 Å². The van der Waals surface area contributed by atoms with Crippen LogP contribution in [0.25, 0.3) is 22.3 Å². The normalized spacial score (nSPS) is 16.6. The molecule has 37 heavy (non-hydrogen) atoms. The lowest BCUT2D eigenvalue weighted by Crippen LogP contribution is -2.56. The highest BCUT2D eigenvalue weighted by Crippen LogP contribution is 2.29. The van der Waals surface area contributed by atoms with Crippen molar-refractivity contribution >= 4 is 22.9 Å². The van der Waals surface area contributed by atoms with Crippen LogP contribution in [0, 0.1) is 6.92 Å². The summed E-state index contributed by atoms with van der Waals surface area (Å²) in [4.78, 5) is 26.3. The van der Waals surface area contributed by atoms with Gasteiger partial charge >= 0.3 is 6.01 Å². The molecule has 9 heteroatoms. The van der Waals surface area contributed by atoms with Crippen LogP contribution < -0.4 is 21.1 Å². The highest BCUT2D eigenvalue weighted by Gasteiger charge is 2.20. The predicted octanol–water partition coefficient (Wildman–Crippen LogP) is 3.02. The van der Waals surface area contributed by atoms with Crippen molar-refractivity contribution in [2.24, 2.45) is 0 Å². The van der Waals surface area contributed by atoms with Gasteiger partial charge in [-0.3, -0.25) is 4.79 Å². The molecule has 2 aliphatic rings. The number of benzene rings is 2. The molecular weight excluding hydrogens is 466 g/mol. The third-order valence-electron chi connectivity index (χ3n) is 6.87. The quantitative estimate of drug-likeness (QED) is 0.374. The molecule has 4 bridgehead atoms. The fraction of sp³-hybridized carbons (Fsp3) is 0.286. The van der Waals surface area contributed by atoms with E-state index in [1.807, 2.05) is 29.7 Å². The zero-order valence-corrected chi connectivity index (χ0v) is 20.7. The molecule has 0 saturated carbocycles. The molecule has 2 aromatic heterocycles. The van der Waals surface area contributed by atoms with Crippen LogP contribution in [-0.2, 0) is 13.0 Å². The van der Waals surface area contributed by atoms with Crippen LogP contribution in [0.3, 0.4) is 0 Å². The second-order valence-electron chi connectivity index (χ2n) is 9.52. The summed E-state index contributed by atoms with van der Waals surface area (Å²) < 4.78 is 7.83. The number of rotatable bonds is 3. The molecule has 2 aromatic carbocycles. The lowest BCUT2D eigenvalue weighted by Gasteiger charge is -2.28. The molecule has 9 nitrogen and oxygen atoms in total. The lowest BCUT2D eigenvalue weighted by molar-refractivity contribution is 0.0924. The summed E-state index contributed by atoms with van der Waals surface area (Å²) in [5, 5.41) is 6.27. The van der Waals surface area contributed by atoms with Crippen LogP contribution in [0.4, 0.5) is 5.82 Å². The predicted molar refractivity (Wildman–Crippen MR) is 143 cm³/mol. The van der Waals surface area contributed by atoms with Gasteiger partial charge in [0.05, 0.1) is 19.2 Å². The minimum Gasteiger partial charge on any atom is -0.463 e. The molecule has 2 aliphatic heterocycles. The number of nitrogens with one attached hydrogen (secondary N) is 2. The number of hydrogen-bond acceptors (Lipinski definition) is 7. The topological polar surface area (TPSA) is 120 Å². The molecule has 4 heterocycles. The number of aromatic nitrogens is 4. The largest absolute Gasteiger partial charge is 0.463 e. The number of imidazole rings is 1. The number of anilines is 1. The van der Waals surface area contributed by atoms with Crippen LogP contribution in [0.2, 0.25) is 0 Å². The molecule has 1 fully saturated rings. The number of carbonyl (C=O) groups excluding carboxylic acids is 1. The van der Waals surface area contributed by atoms with Gasteiger partial charge < -0.3 is 25.7 Å². The lowest BCUT2D eigenvalue weighted by atomic mass is 9.94. The van der Waals surface area contributed by atoms with Crippen molar-refractivity contribution in [1.82, 2.24) is 30.2 Å². The van der Waals surface area contributed by atoms with E-state index in [2.05, 4.69) is 62.0 Å². The van der Waals surface area contributed by atoms with Crippen LogP contribution in [0.5, 0.6) is 6.01 Å². The average Bonchev–Trinajstić information content (AvgIpc) is 3.18. The molecule has 0 radical (unpaired) electrons. The van der Waals surface area contributed by atoms with E-state index in [0.29, 0.717) is 35.7 Å². The SMILES string of the molecule is Cc1nc2c(N)nc3nc2n1Cc1ccc(-c2cccc(C(=O)NC4CNC4)c2)c(c1)C/C=C\CCO3. The van der Waals surface area contributed by atoms with Crippen molar-refractivity contribution < 1.29 is 9.53 Å². The average molecular weight is 496 g/mol. The van der Waals surface area contributed by atoms with Crippen molar-refractivity contribution in [3.8, 4) is 17.1 Å². The molecule has 4 N–H and O–H groups in total. The maximum absolute atomic E-state index is 12.8. The Balaban J connectivity index is 1.38. The summed E-state index contributed by atoms with van der Waals surface area (Å²) in [6.45, 7) is 4.63. The Hall–Kier alpha value is -4.24. The maximum Gasteiger partial charge on any atom is 0.320 e. The van der Waals surface area contributed by atoms with E-state index >= 15 is 0 Å². The van der Waals surface area contributed by atoms with Gasteiger partial charge in [0.15, 0.2) is 17.0 Å². The number of nitrogens with two attached hydrogens (primary N) is 1. The van der Waals surface area contributed by atoms with Crippen molar-refractivity contribution in [2.75, 3.05) is 25.4 Å². The van der Waals surface area contributed by atoms with Crippen LogP contribution >= 0.6 is 0 Å². The van der Waals surface area contributed by atoms with E-state index in [0.717, 1.165) is 48.4 Å². The molecule has 1 amide bonds. The number of aryl methyl sites for hydroxylation is 1. The maximum atomic E-state index is 12.8. The van der Waals surface area contributed by atoms with Gasteiger partial charge in [0.2, 0.25) is 0 Å². The number of fused-ring (bicyclic) bond motifs is 3. The highest BCUT2D eigenvalue weighted by molar-refractivity contribution is 5.96. The van der Waals surface area contributed by atoms with E-state index in [4.69, 9.17) is 10.5 Å². The molecule has 0 spiro atoms.